The molecule has 1 fully saturated rings. The van der Waals surface area contributed by atoms with Gasteiger partial charge in [0.15, 0.2) is 0 Å². The standard InChI is InChI=1S/C4H8O2.C3H8O2.3CH4/c1-5-2-4-3-6-4;1-5-3-2-4;;;/h4H,2-3H2,1H3;4H,2-3H2,1H3;3*1H4. The van der Waals surface area contributed by atoms with Crippen LogP contribution in [0.2, 0.25) is 0 Å². The van der Waals surface area contributed by atoms with Crippen molar-refractivity contribution in [3.63, 3.8) is 0 Å². The fraction of sp³-hybridized carbons (Fsp3) is 1.00. The second-order valence-corrected chi connectivity index (χ2v) is 2.13. The van der Waals surface area contributed by atoms with Gasteiger partial charge in [-0.05, 0) is 0 Å². The molecule has 1 heterocycles. The average molecular weight is 212 g/mol. The first-order chi connectivity index (χ1) is 5.35. The Balaban J connectivity index is -0.0000000597. The van der Waals surface area contributed by atoms with E-state index >= 15 is 0 Å². The second kappa shape index (κ2) is 18.6. The van der Waals surface area contributed by atoms with Crippen LogP contribution >= 0.6 is 0 Å². The van der Waals surface area contributed by atoms with Crippen molar-refractivity contribution in [3.8, 4) is 0 Å². The summed E-state index contributed by atoms with van der Waals surface area (Å²) in [4.78, 5) is 0. The summed E-state index contributed by atoms with van der Waals surface area (Å²) in [6.07, 6.45) is 0.426. The van der Waals surface area contributed by atoms with Gasteiger partial charge in [-0.25, -0.2) is 0 Å². The predicted molar refractivity (Wildman–Crippen MR) is 60.8 cm³/mol. The summed E-state index contributed by atoms with van der Waals surface area (Å²) in [5.41, 5.74) is 0. The molecular weight excluding hydrogens is 184 g/mol. The maximum Gasteiger partial charge on any atom is 0.104 e. The SMILES string of the molecule is C.C.C.COCC1CO1.COCCO. The van der Waals surface area contributed by atoms with Crippen molar-refractivity contribution in [2.45, 2.75) is 28.4 Å². The third kappa shape index (κ3) is 22.6. The summed E-state index contributed by atoms with van der Waals surface area (Å²) in [6.45, 7) is 2.23. The van der Waals surface area contributed by atoms with Crippen molar-refractivity contribution in [2.75, 3.05) is 40.6 Å². The van der Waals surface area contributed by atoms with Crippen LogP contribution in [0.4, 0.5) is 0 Å². The summed E-state index contributed by atoms with van der Waals surface area (Å²) in [6, 6.07) is 0. The third-order valence-electron chi connectivity index (χ3n) is 1.05. The van der Waals surface area contributed by atoms with E-state index in [0.717, 1.165) is 13.2 Å². The van der Waals surface area contributed by atoms with Crippen LogP contribution in [-0.2, 0) is 14.2 Å². The minimum absolute atomic E-state index is 0. The Kier molecular flexibility index (Phi) is 31.3. The van der Waals surface area contributed by atoms with Crippen molar-refractivity contribution >= 4 is 0 Å². The number of rotatable bonds is 4. The highest BCUT2D eigenvalue weighted by Crippen LogP contribution is 2.06. The first-order valence-corrected chi connectivity index (χ1v) is 3.55. The Morgan fingerprint density at radius 1 is 1.21 bits per heavy atom. The lowest BCUT2D eigenvalue weighted by Crippen LogP contribution is -1.94. The van der Waals surface area contributed by atoms with E-state index in [1.807, 2.05) is 0 Å². The van der Waals surface area contributed by atoms with Gasteiger partial charge in [-0.15, -0.1) is 0 Å². The molecule has 1 aliphatic rings. The van der Waals surface area contributed by atoms with Crippen LogP contribution in [0.15, 0.2) is 0 Å². The molecule has 0 aromatic rings. The molecule has 0 radical (unpaired) electrons. The Morgan fingerprint density at radius 3 is 1.79 bits per heavy atom. The number of epoxide rings is 1. The molecule has 0 saturated carbocycles. The van der Waals surface area contributed by atoms with E-state index in [-0.39, 0.29) is 28.9 Å². The maximum atomic E-state index is 7.94. The molecule has 1 rings (SSSR count). The molecule has 4 nitrogen and oxygen atoms in total. The molecule has 14 heavy (non-hydrogen) atoms. The van der Waals surface area contributed by atoms with E-state index in [2.05, 4.69) is 4.74 Å². The van der Waals surface area contributed by atoms with Crippen molar-refractivity contribution in [1.82, 2.24) is 0 Å². The number of hydrogen-bond donors (Lipinski definition) is 1. The largest absolute Gasteiger partial charge is 0.394 e. The Morgan fingerprint density at radius 2 is 1.71 bits per heavy atom. The van der Waals surface area contributed by atoms with Gasteiger partial charge < -0.3 is 19.3 Å². The van der Waals surface area contributed by atoms with Crippen LogP contribution < -0.4 is 0 Å². The number of methoxy groups -OCH3 is 2. The first-order valence-electron chi connectivity index (χ1n) is 3.55. The van der Waals surface area contributed by atoms with E-state index in [1.165, 1.54) is 0 Å². The Bertz CT molecular complexity index is 72.5. The van der Waals surface area contributed by atoms with E-state index in [0.29, 0.717) is 12.7 Å². The van der Waals surface area contributed by atoms with Gasteiger partial charge in [0.1, 0.15) is 6.10 Å². The molecule has 1 unspecified atom stereocenters. The van der Waals surface area contributed by atoms with Crippen LogP contribution in [0.5, 0.6) is 0 Å². The molecule has 0 aliphatic carbocycles. The molecule has 0 spiro atoms. The van der Waals surface area contributed by atoms with Gasteiger partial charge in [0.2, 0.25) is 0 Å². The predicted octanol–water partition coefficient (Wildman–Crippen LogP) is 1.57. The van der Waals surface area contributed by atoms with Gasteiger partial charge in [0, 0.05) is 14.2 Å². The third-order valence-corrected chi connectivity index (χ3v) is 1.05. The monoisotopic (exact) mass is 212 g/mol. The van der Waals surface area contributed by atoms with Crippen molar-refractivity contribution in [3.05, 3.63) is 0 Å². The van der Waals surface area contributed by atoms with Crippen LogP contribution in [0.1, 0.15) is 22.3 Å². The van der Waals surface area contributed by atoms with Gasteiger partial charge in [-0.1, -0.05) is 22.3 Å². The molecule has 1 atom stereocenters. The average Bonchev–Trinajstić information content (AvgIpc) is 2.76. The van der Waals surface area contributed by atoms with Crippen LogP contribution in [0.25, 0.3) is 0 Å². The normalized spacial score (nSPS) is 16.1. The van der Waals surface area contributed by atoms with Crippen LogP contribution in [0, 0.1) is 0 Å². The van der Waals surface area contributed by atoms with E-state index in [4.69, 9.17) is 14.6 Å². The summed E-state index contributed by atoms with van der Waals surface area (Å²) in [5, 5.41) is 7.94. The smallest absolute Gasteiger partial charge is 0.104 e. The maximum absolute atomic E-state index is 7.94. The highest BCUT2D eigenvalue weighted by atomic mass is 16.6. The van der Waals surface area contributed by atoms with Crippen molar-refractivity contribution in [1.29, 1.82) is 0 Å². The minimum Gasteiger partial charge on any atom is -0.394 e. The van der Waals surface area contributed by atoms with Gasteiger partial charge in [0.05, 0.1) is 26.4 Å². The molecule has 0 aromatic carbocycles. The van der Waals surface area contributed by atoms with Gasteiger partial charge in [0.25, 0.3) is 0 Å². The number of hydrogen-bond acceptors (Lipinski definition) is 4. The molecular formula is C10H28O4. The molecule has 1 N–H and O–H groups in total. The van der Waals surface area contributed by atoms with E-state index < -0.39 is 0 Å². The van der Waals surface area contributed by atoms with E-state index in [1.54, 1.807) is 14.2 Å². The number of ether oxygens (including phenoxy) is 3. The lowest BCUT2D eigenvalue weighted by atomic mass is 10.5. The zero-order valence-corrected chi connectivity index (χ0v) is 7.08. The molecule has 1 saturated heterocycles. The lowest BCUT2D eigenvalue weighted by Gasteiger charge is -1.84. The highest BCUT2D eigenvalue weighted by Gasteiger charge is 2.21. The molecule has 0 bridgehead atoms. The molecule has 0 amide bonds. The van der Waals surface area contributed by atoms with Gasteiger partial charge in [-0.2, -0.15) is 0 Å². The minimum atomic E-state index is 0. The second-order valence-electron chi connectivity index (χ2n) is 2.13. The van der Waals surface area contributed by atoms with Crippen molar-refractivity contribution in [2.24, 2.45) is 0 Å². The Hall–Kier alpha value is -0.160. The lowest BCUT2D eigenvalue weighted by molar-refractivity contribution is 0.135. The molecule has 92 valence electrons. The fourth-order valence-electron chi connectivity index (χ4n) is 0.441. The number of aliphatic hydroxyl groups excluding tert-OH is 1. The zero-order chi connectivity index (χ0) is 8.53. The molecule has 1 aliphatic heterocycles. The quantitative estimate of drug-likeness (QED) is 0.719. The van der Waals surface area contributed by atoms with Crippen molar-refractivity contribution < 1.29 is 19.3 Å². The summed E-state index contributed by atoms with van der Waals surface area (Å²) in [5.74, 6) is 0. The summed E-state index contributed by atoms with van der Waals surface area (Å²) >= 11 is 0. The summed E-state index contributed by atoms with van der Waals surface area (Å²) in [7, 11) is 3.23. The number of aliphatic hydroxyl groups is 1. The van der Waals surface area contributed by atoms with Gasteiger partial charge in [-0.3, -0.25) is 0 Å². The zero-order valence-electron chi connectivity index (χ0n) is 7.08. The van der Waals surface area contributed by atoms with E-state index in [9.17, 15) is 0 Å². The highest BCUT2D eigenvalue weighted by molar-refractivity contribution is 4.66. The van der Waals surface area contributed by atoms with Gasteiger partial charge >= 0.3 is 0 Å². The molecule has 0 aromatic heterocycles. The van der Waals surface area contributed by atoms with Crippen LogP contribution in [0.3, 0.4) is 0 Å². The fourth-order valence-corrected chi connectivity index (χ4v) is 0.441. The Labute approximate surface area is 89.2 Å². The first kappa shape index (κ1) is 23.6. The van der Waals surface area contributed by atoms with Crippen LogP contribution in [-0.4, -0.2) is 51.9 Å². The topological polar surface area (TPSA) is 51.2 Å². The summed E-state index contributed by atoms with van der Waals surface area (Å²) < 4.78 is 14.0. The molecule has 4 heteroatoms.